The van der Waals surface area contributed by atoms with Crippen LogP contribution in [0.5, 0.6) is 0 Å². The molecule has 0 radical (unpaired) electrons. The van der Waals surface area contributed by atoms with Crippen LogP contribution < -0.4 is 5.46 Å². The molecule has 2 aromatic heterocycles. The van der Waals surface area contributed by atoms with Crippen LogP contribution in [0.2, 0.25) is 0 Å². The van der Waals surface area contributed by atoms with Crippen LogP contribution in [-0.2, 0) is 9.31 Å². The first-order valence-electron chi connectivity index (χ1n) is 13.6. The fraction of sp³-hybridized carbons (Fsp3) is 0.176. The van der Waals surface area contributed by atoms with E-state index in [4.69, 9.17) is 19.3 Å². The van der Waals surface area contributed by atoms with Gasteiger partial charge in [0.15, 0.2) is 5.82 Å². The van der Waals surface area contributed by atoms with Gasteiger partial charge in [-0.3, -0.25) is 0 Å². The zero-order chi connectivity index (χ0) is 27.5. The summed E-state index contributed by atoms with van der Waals surface area (Å²) in [7, 11) is -0.388. The van der Waals surface area contributed by atoms with E-state index in [2.05, 4.69) is 125 Å². The minimum absolute atomic E-state index is 0.372. The number of fused-ring (bicyclic) bond motifs is 3. The summed E-state index contributed by atoms with van der Waals surface area (Å²) in [6, 6.07) is 35.8. The van der Waals surface area contributed by atoms with Crippen molar-refractivity contribution in [3.05, 3.63) is 103 Å². The highest BCUT2D eigenvalue weighted by atomic mass is 32.1. The van der Waals surface area contributed by atoms with Crippen molar-refractivity contribution in [3.63, 3.8) is 0 Å². The SMILES string of the molecule is CC1(C)OB(c2cccc(-c3ccc(-c4nc(-c5ccccc5)c5sc6ccccc6c5n4)cc3)c2)OC1(C)C. The van der Waals surface area contributed by atoms with Gasteiger partial charge in [0.25, 0.3) is 0 Å². The van der Waals surface area contributed by atoms with E-state index in [0.29, 0.717) is 0 Å². The Morgan fingerprint density at radius 2 is 1.27 bits per heavy atom. The third-order valence-electron chi connectivity index (χ3n) is 8.16. The molecule has 0 unspecified atom stereocenters. The molecule has 1 aliphatic heterocycles. The van der Waals surface area contributed by atoms with Gasteiger partial charge in [0.2, 0.25) is 0 Å². The summed E-state index contributed by atoms with van der Waals surface area (Å²) in [6.45, 7) is 8.32. The van der Waals surface area contributed by atoms with Crippen LogP contribution in [0.1, 0.15) is 27.7 Å². The molecule has 6 heteroatoms. The second kappa shape index (κ2) is 9.38. The van der Waals surface area contributed by atoms with Crippen LogP contribution in [-0.4, -0.2) is 28.3 Å². The van der Waals surface area contributed by atoms with Crippen LogP contribution in [0.15, 0.2) is 103 Å². The Kier molecular flexibility index (Phi) is 5.90. The molecule has 6 aromatic rings. The number of rotatable bonds is 4. The predicted molar refractivity (Wildman–Crippen MR) is 167 cm³/mol. The molecule has 1 saturated heterocycles. The topological polar surface area (TPSA) is 44.2 Å². The van der Waals surface area contributed by atoms with Crippen LogP contribution in [0.25, 0.3) is 54.1 Å². The molecule has 1 aliphatic rings. The lowest BCUT2D eigenvalue weighted by molar-refractivity contribution is 0.00578. The highest BCUT2D eigenvalue weighted by Crippen LogP contribution is 2.40. The highest BCUT2D eigenvalue weighted by Gasteiger charge is 2.51. The maximum absolute atomic E-state index is 6.29. The number of hydrogen-bond donors (Lipinski definition) is 0. The molecule has 0 amide bonds. The smallest absolute Gasteiger partial charge is 0.399 e. The van der Waals surface area contributed by atoms with Gasteiger partial charge < -0.3 is 9.31 Å². The molecular formula is C34H29BN2O2S. The minimum atomic E-state index is -0.388. The van der Waals surface area contributed by atoms with Gasteiger partial charge in [-0.25, -0.2) is 9.97 Å². The van der Waals surface area contributed by atoms with E-state index < -0.39 is 0 Å². The van der Waals surface area contributed by atoms with Gasteiger partial charge in [-0.15, -0.1) is 11.3 Å². The normalized spacial score (nSPS) is 16.1. The summed E-state index contributed by atoms with van der Waals surface area (Å²) >= 11 is 1.75. The Morgan fingerprint density at radius 3 is 2.02 bits per heavy atom. The van der Waals surface area contributed by atoms with E-state index in [1.807, 2.05) is 6.07 Å². The molecule has 1 fully saturated rings. The molecule has 0 atom stereocenters. The van der Waals surface area contributed by atoms with Crippen molar-refractivity contribution in [3.8, 4) is 33.8 Å². The molecule has 0 spiro atoms. The van der Waals surface area contributed by atoms with Crippen LogP contribution >= 0.6 is 11.3 Å². The van der Waals surface area contributed by atoms with Crippen molar-refractivity contribution in [2.45, 2.75) is 38.9 Å². The summed E-state index contributed by atoms with van der Waals surface area (Å²) in [5, 5.41) is 1.17. The van der Waals surface area contributed by atoms with Gasteiger partial charge in [0.1, 0.15) is 0 Å². The maximum Gasteiger partial charge on any atom is 0.494 e. The van der Waals surface area contributed by atoms with Crippen molar-refractivity contribution in [1.29, 1.82) is 0 Å². The lowest BCUT2D eigenvalue weighted by Crippen LogP contribution is -2.41. The summed E-state index contributed by atoms with van der Waals surface area (Å²) < 4.78 is 14.9. The second-order valence-electron chi connectivity index (χ2n) is 11.3. The minimum Gasteiger partial charge on any atom is -0.399 e. The van der Waals surface area contributed by atoms with Gasteiger partial charge in [0.05, 0.1) is 27.1 Å². The van der Waals surface area contributed by atoms with Gasteiger partial charge in [-0.05, 0) is 50.4 Å². The number of hydrogen-bond acceptors (Lipinski definition) is 5. The fourth-order valence-corrected chi connectivity index (χ4v) is 6.32. The van der Waals surface area contributed by atoms with Gasteiger partial charge in [0, 0.05) is 21.2 Å². The lowest BCUT2D eigenvalue weighted by atomic mass is 9.78. The standard InChI is InChI=1S/C34H29BN2O2S/c1-33(2)34(3,4)39-35(38-33)26-14-10-13-25(21-26)22-17-19-24(20-18-22)32-36-29(23-11-6-5-7-12-23)31-30(37-32)27-15-8-9-16-28(27)40-31/h5-21H,1-4H3. The molecule has 7 rings (SSSR count). The summed E-state index contributed by atoms with van der Waals surface area (Å²) in [6.07, 6.45) is 0. The van der Waals surface area contributed by atoms with E-state index in [1.54, 1.807) is 11.3 Å². The lowest BCUT2D eigenvalue weighted by Gasteiger charge is -2.32. The highest BCUT2D eigenvalue weighted by molar-refractivity contribution is 7.26. The number of thiophene rings is 1. The molecule has 3 heterocycles. The van der Waals surface area contributed by atoms with Crippen LogP contribution in [0.4, 0.5) is 0 Å². The number of benzene rings is 4. The van der Waals surface area contributed by atoms with E-state index in [1.165, 1.54) is 10.1 Å². The zero-order valence-corrected chi connectivity index (χ0v) is 23.8. The Bertz CT molecular complexity index is 1850. The Balaban J connectivity index is 1.27. The van der Waals surface area contributed by atoms with Crippen molar-refractivity contribution in [2.75, 3.05) is 0 Å². The van der Waals surface area contributed by atoms with Crippen molar-refractivity contribution < 1.29 is 9.31 Å². The Hall–Kier alpha value is -3.84. The largest absolute Gasteiger partial charge is 0.494 e. The first-order chi connectivity index (χ1) is 19.3. The fourth-order valence-electron chi connectivity index (χ4n) is 5.17. The van der Waals surface area contributed by atoms with E-state index >= 15 is 0 Å². The van der Waals surface area contributed by atoms with Gasteiger partial charge in [-0.2, -0.15) is 0 Å². The molecule has 0 aliphatic carbocycles. The molecule has 196 valence electrons. The molecular weight excluding hydrogens is 511 g/mol. The monoisotopic (exact) mass is 540 g/mol. The molecule has 0 N–H and O–H groups in total. The van der Waals surface area contributed by atoms with Crippen molar-refractivity contribution in [2.24, 2.45) is 0 Å². The number of nitrogens with zero attached hydrogens (tertiary/aromatic N) is 2. The molecule has 0 bridgehead atoms. The molecule has 4 nitrogen and oxygen atoms in total. The third-order valence-corrected chi connectivity index (χ3v) is 9.32. The first-order valence-corrected chi connectivity index (χ1v) is 14.4. The zero-order valence-electron chi connectivity index (χ0n) is 23.0. The molecule has 0 saturated carbocycles. The average Bonchev–Trinajstić information content (AvgIpc) is 3.46. The quantitative estimate of drug-likeness (QED) is 0.212. The number of aromatic nitrogens is 2. The van der Waals surface area contributed by atoms with Crippen molar-refractivity contribution >= 4 is 44.2 Å². The predicted octanol–water partition coefficient (Wildman–Crippen LogP) is 8.14. The van der Waals surface area contributed by atoms with E-state index in [9.17, 15) is 0 Å². The van der Waals surface area contributed by atoms with Crippen LogP contribution in [0, 0.1) is 0 Å². The summed E-state index contributed by atoms with van der Waals surface area (Å²) in [5.74, 6) is 0.729. The van der Waals surface area contributed by atoms with Crippen molar-refractivity contribution in [1.82, 2.24) is 9.97 Å². The van der Waals surface area contributed by atoms with Gasteiger partial charge >= 0.3 is 7.12 Å². The maximum atomic E-state index is 6.29. The third kappa shape index (κ3) is 4.24. The second-order valence-corrected chi connectivity index (χ2v) is 12.4. The van der Waals surface area contributed by atoms with Gasteiger partial charge in [-0.1, -0.05) is 97.1 Å². The molecule has 4 aromatic carbocycles. The summed E-state index contributed by atoms with van der Waals surface area (Å²) in [5.41, 5.74) is 6.57. The van der Waals surface area contributed by atoms with E-state index in [-0.39, 0.29) is 18.3 Å². The first kappa shape index (κ1) is 25.2. The Morgan fingerprint density at radius 1 is 0.625 bits per heavy atom. The Labute approximate surface area is 238 Å². The average molecular weight is 540 g/mol. The summed E-state index contributed by atoms with van der Waals surface area (Å²) in [4.78, 5) is 10.2. The van der Waals surface area contributed by atoms with E-state index in [0.717, 1.165) is 49.5 Å². The molecule has 40 heavy (non-hydrogen) atoms. The van der Waals surface area contributed by atoms with Crippen LogP contribution in [0.3, 0.4) is 0 Å².